The quantitative estimate of drug-likeness (QED) is 0.0610. The minimum atomic E-state index is -1.36. The van der Waals surface area contributed by atoms with E-state index in [1.165, 1.54) is 18.2 Å². The summed E-state index contributed by atoms with van der Waals surface area (Å²) in [4.78, 5) is 50.2. The summed E-state index contributed by atoms with van der Waals surface area (Å²) < 4.78 is 4.64. The summed E-state index contributed by atoms with van der Waals surface area (Å²) in [5.41, 5.74) is 7.11. The minimum Gasteiger partial charge on any atom is -0.872 e. The summed E-state index contributed by atoms with van der Waals surface area (Å²) in [5, 5.41) is 63.4. The van der Waals surface area contributed by atoms with Gasteiger partial charge in [0, 0.05) is 55.5 Å². The van der Waals surface area contributed by atoms with Gasteiger partial charge in [-0.2, -0.15) is 5.10 Å². The largest absolute Gasteiger partial charge is 2.00 e. The third-order valence-corrected chi connectivity index (χ3v) is 6.39. The standard InChI is InChI=1S/C29H27N5O5.2C2H4O2.2CH4O.2Zn/c1-17-11-18(28(38)19(12-17)14-34(15-24(35)36)16-25(37)39-2)13-30-33-29-26-20-7-3-5-9-22(20)31-27(26)21-8-4-6-10-23(21)32-29;2*1-2(3)4;2*1-2;;/h3-13,31,38H,14-16H2,1-2H3,(H,32,33)(H,35,36);2*1H3,(H,3,4);2*2H,1H3;;/q;;;;;2*+2/p-4/b30-13+;;;;;;. The number of carboxylic acids is 3. The number of nitrogens with one attached hydrogen (secondary N) is 2. The van der Waals surface area contributed by atoms with Crippen LogP contribution in [0.25, 0.3) is 32.7 Å². The molecular formula is C35H39N5O11Zn2. The van der Waals surface area contributed by atoms with E-state index in [-0.39, 0.29) is 57.8 Å². The van der Waals surface area contributed by atoms with Crippen LogP contribution < -0.4 is 25.9 Å². The van der Waals surface area contributed by atoms with Crippen molar-refractivity contribution < 1.29 is 93.5 Å². The molecule has 0 atom stereocenters. The van der Waals surface area contributed by atoms with Crippen LogP contribution in [0, 0.1) is 6.92 Å². The van der Waals surface area contributed by atoms with Crippen LogP contribution in [-0.4, -0.2) is 89.6 Å². The Bertz CT molecular complexity index is 1950. The minimum absolute atomic E-state index is 0. The number of esters is 1. The van der Waals surface area contributed by atoms with Crippen molar-refractivity contribution in [1.29, 1.82) is 0 Å². The number of aryl methyl sites for hydroxylation is 1. The number of H-pyrrole nitrogens is 1. The Morgan fingerprint density at radius 3 is 2.02 bits per heavy atom. The molecule has 0 aliphatic rings. The number of carbonyl (C=O) groups is 4. The van der Waals surface area contributed by atoms with E-state index >= 15 is 0 Å². The fourth-order valence-electron chi connectivity index (χ4n) is 4.72. The molecule has 0 aliphatic heterocycles. The molecule has 5 aromatic rings. The van der Waals surface area contributed by atoms with Gasteiger partial charge in [-0.3, -0.25) is 15.1 Å². The van der Waals surface area contributed by atoms with E-state index < -0.39 is 30.4 Å². The van der Waals surface area contributed by atoms with Gasteiger partial charge in [-0.1, -0.05) is 59.8 Å². The van der Waals surface area contributed by atoms with Crippen LogP contribution in [0.5, 0.6) is 5.75 Å². The first-order valence-electron chi connectivity index (χ1n) is 14.9. The number of hydrogen-bond acceptors (Lipinski definition) is 15. The van der Waals surface area contributed by atoms with Crippen molar-refractivity contribution in [2.75, 3.05) is 39.8 Å². The molecule has 4 N–H and O–H groups in total. The first-order chi connectivity index (χ1) is 24.3. The van der Waals surface area contributed by atoms with E-state index in [0.29, 0.717) is 16.9 Å². The monoisotopic (exact) mass is 833 g/mol. The first kappa shape index (κ1) is 50.3. The summed E-state index contributed by atoms with van der Waals surface area (Å²) in [6.07, 6.45) is 1.42. The molecule has 53 heavy (non-hydrogen) atoms. The number of fused-ring (bicyclic) bond motifs is 5. The molecule has 3 aromatic carbocycles. The van der Waals surface area contributed by atoms with Crippen molar-refractivity contribution in [3.05, 3.63) is 77.4 Å². The maximum Gasteiger partial charge on any atom is 2.00 e. The van der Waals surface area contributed by atoms with Crippen LogP contribution in [0.4, 0.5) is 5.82 Å². The Balaban J connectivity index is 0. The van der Waals surface area contributed by atoms with Crippen LogP contribution in [0.15, 0.2) is 65.8 Å². The summed E-state index contributed by atoms with van der Waals surface area (Å²) >= 11 is 0. The molecule has 0 aliphatic carbocycles. The second-order valence-electron chi connectivity index (χ2n) is 10.2. The van der Waals surface area contributed by atoms with Crippen molar-refractivity contribution in [3.8, 4) is 5.75 Å². The van der Waals surface area contributed by atoms with Gasteiger partial charge in [0.05, 0.1) is 42.3 Å². The number of para-hydroxylation sites is 2. The van der Waals surface area contributed by atoms with Crippen molar-refractivity contribution >= 4 is 68.6 Å². The number of ether oxygens (including phenoxy) is 1. The topological polar surface area (TPSA) is 267 Å². The number of aromatic nitrogens is 2. The zero-order valence-corrected chi connectivity index (χ0v) is 36.2. The average Bonchev–Trinajstić information content (AvgIpc) is 3.48. The van der Waals surface area contributed by atoms with Gasteiger partial charge >= 0.3 is 44.9 Å². The second-order valence-corrected chi connectivity index (χ2v) is 10.2. The molecule has 0 spiro atoms. The molecule has 0 fully saturated rings. The number of aromatic amines is 1. The van der Waals surface area contributed by atoms with Crippen LogP contribution in [0.1, 0.15) is 30.5 Å². The van der Waals surface area contributed by atoms with Gasteiger partial charge in [0.2, 0.25) is 0 Å². The third-order valence-electron chi connectivity index (χ3n) is 6.39. The number of rotatable bonds is 9. The fourth-order valence-corrected chi connectivity index (χ4v) is 4.72. The van der Waals surface area contributed by atoms with E-state index in [9.17, 15) is 19.8 Å². The molecule has 5 rings (SSSR count). The van der Waals surface area contributed by atoms with Gasteiger partial charge in [-0.05, 0) is 44.0 Å². The number of benzene rings is 3. The van der Waals surface area contributed by atoms with Gasteiger partial charge in [0.1, 0.15) is 0 Å². The van der Waals surface area contributed by atoms with E-state index in [1.807, 2.05) is 55.5 Å². The zero-order valence-electron chi connectivity index (χ0n) is 30.3. The summed E-state index contributed by atoms with van der Waals surface area (Å²) in [5.74, 6) is -3.94. The molecule has 16 nitrogen and oxygen atoms in total. The molecule has 274 valence electrons. The fraction of sp³-hybridized carbons (Fsp3) is 0.257. The number of nitrogens with zero attached hydrogens (tertiary/aromatic N) is 3. The predicted molar refractivity (Wildman–Crippen MR) is 183 cm³/mol. The van der Waals surface area contributed by atoms with Crippen molar-refractivity contribution in [1.82, 2.24) is 14.9 Å². The summed E-state index contributed by atoms with van der Waals surface area (Å²) in [6, 6.07) is 19.1. The van der Waals surface area contributed by atoms with Crippen LogP contribution in [0.2, 0.25) is 0 Å². The molecule has 0 amide bonds. The Morgan fingerprint density at radius 2 is 1.45 bits per heavy atom. The number of pyridine rings is 1. The van der Waals surface area contributed by atoms with Gasteiger partial charge < -0.3 is 54.7 Å². The number of aliphatic carboxylic acids is 3. The van der Waals surface area contributed by atoms with Crippen molar-refractivity contribution in [3.63, 3.8) is 0 Å². The number of hydrazone groups is 1. The molecule has 0 radical (unpaired) electrons. The molecule has 0 saturated carbocycles. The Labute approximate surface area is 331 Å². The molecule has 2 aromatic heterocycles. The van der Waals surface area contributed by atoms with Crippen LogP contribution >= 0.6 is 0 Å². The second kappa shape index (κ2) is 26.0. The first-order valence-corrected chi connectivity index (χ1v) is 14.9. The van der Waals surface area contributed by atoms with Crippen molar-refractivity contribution in [2.24, 2.45) is 5.10 Å². The van der Waals surface area contributed by atoms with E-state index in [0.717, 1.165) is 66.3 Å². The maximum absolute atomic E-state index is 13.2. The Morgan fingerprint density at radius 1 is 0.906 bits per heavy atom. The molecule has 0 unspecified atom stereocenters. The zero-order chi connectivity index (χ0) is 38.7. The van der Waals surface area contributed by atoms with E-state index in [2.05, 4.69) is 20.2 Å². The van der Waals surface area contributed by atoms with Gasteiger partial charge in [0.15, 0.2) is 5.82 Å². The van der Waals surface area contributed by atoms with Crippen LogP contribution in [-0.2, 0) is 69.4 Å². The number of carbonyl (C=O) groups excluding carboxylic acids is 4. The number of anilines is 1. The smallest absolute Gasteiger partial charge is 0.872 e. The van der Waals surface area contributed by atoms with Gasteiger partial charge in [0.25, 0.3) is 0 Å². The molecule has 18 heteroatoms. The number of methoxy groups -OCH3 is 1. The Kier molecular flexibility index (Phi) is 24.6. The normalized spacial score (nSPS) is 9.75. The van der Waals surface area contributed by atoms with Gasteiger partial charge in [-0.15, -0.1) is 0 Å². The number of hydrogen-bond donors (Lipinski definition) is 4. The molecule has 0 saturated heterocycles. The summed E-state index contributed by atoms with van der Waals surface area (Å²) in [6.45, 7) is 2.87. The van der Waals surface area contributed by atoms with Crippen molar-refractivity contribution in [2.45, 2.75) is 27.3 Å². The maximum atomic E-state index is 13.2. The van der Waals surface area contributed by atoms with Gasteiger partial charge in [-0.25, -0.2) is 4.98 Å². The Hall–Kier alpha value is -4.85. The van der Waals surface area contributed by atoms with Crippen LogP contribution in [0.3, 0.4) is 0 Å². The molecule has 0 bridgehead atoms. The number of aliphatic hydroxyl groups is 2. The number of aliphatic hydroxyl groups excluding tert-OH is 2. The predicted octanol–water partition coefficient (Wildman–Crippen LogP) is -0.853. The molecule has 2 heterocycles. The summed E-state index contributed by atoms with van der Waals surface area (Å²) in [7, 11) is 3.21. The SMILES string of the molecule is CC(=O)[O-].CC(=O)[O-].CO.CO.COC(=O)CN(CC(=O)[O-])Cc1cc(C)cc(/C=N/Nc2nc3ccccc3c3[nH]c4ccccc4c23)c1[O-].[Zn+2].[Zn+2]. The van der Waals surface area contributed by atoms with E-state index in [1.54, 1.807) is 12.1 Å². The third kappa shape index (κ3) is 16.1. The average molecular weight is 837 g/mol. The number of carboxylic acid groups (broad SMARTS) is 3. The molecular weight excluding hydrogens is 797 g/mol. The van der Waals surface area contributed by atoms with E-state index in [4.69, 9.17) is 35.0 Å².